The molecule has 0 unspecified atom stereocenters. The Morgan fingerprint density at radius 3 is 2.09 bits per heavy atom. The Bertz CT molecular complexity index is 1200. The molecule has 0 saturated heterocycles. The maximum atomic E-state index is 14.0. The van der Waals surface area contributed by atoms with Crippen molar-refractivity contribution in [3.05, 3.63) is 89.0 Å². The predicted molar refractivity (Wildman–Crippen MR) is 120 cm³/mol. The number of rotatable bonds is 5. The third kappa shape index (κ3) is 3.00. The van der Waals surface area contributed by atoms with Gasteiger partial charge in [-0.05, 0) is 36.2 Å². The van der Waals surface area contributed by atoms with Gasteiger partial charge in [-0.25, -0.2) is 0 Å². The van der Waals surface area contributed by atoms with Crippen LogP contribution in [0.25, 0.3) is 0 Å². The zero-order valence-electron chi connectivity index (χ0n) is 18.2. The molecule has 5 heteroatoms. The number of hydrogen-bond donors (Lipinski definition) is 0. The smallest absolute Gasteiger partial charge is 0.170 e. The van der Waals surface area contributed by atoms with E-state index < -0.39 is 17.9 Å². The molecule has 0 amide bonds. The second-order valence-corrected chi connectivity index (χ2v) is 8.28. The van der Waals surface area contributed by atoms with E-state index in [0.29, 0.717) is 22.8 Å². The molecule has 162 valence electrons. The SMILES string of the molecule is COc1cc2c(cc1OC)[C@@H](C(=O)c1ccccc1)[C@@H]1c3ccccc3O[C@H]2[C@@H]1C(C)=O. The largest absolute Gasteiger partial charge is 0.493 e. The van der Waals surface area contributed by atoms with Gasteiger partial charge in [-0.3, -0.25) is 9.59 Å². The first kappa shape index (κ1) is 20.3. The average molecular weight is 428 g/mol. The Morgan fingerprint density at radius 2 is 1.44 bits per heavy atom. The number of ketones is 2. The molecule has 0 fully saturated rings. The summed E-state index contributed by atoms with van der Waals surface area (Å²) in [5.41, 5.74) is 3.11. The number of para-hydroxylation sites is 1. The van der Waals surface area contributed by atoms with Crippen LogP contribution in [0.3, 0.4) is 0 Å². The molecule has 2 aliphatic rings. The van der Waals surface area contributed by atoms with Gasteiger partial charge in [0.2, 0.25) is 0 Å². The first-order valence-corrected chi connectivity index (χ1v) is 10.7. The molecule has 0 spiro atoms. The lowest BCUT2D eigenvalue weighted by molar-refractivity contribution is -0.126. The number of hydrogen-bond acceptors (Lipinski definition) is 5. The molecule has 0 aromatic heterocycles. The zero-order chi connectivity index (χ0) is 22.4. The van der Waals surface area contributed by atoms with Crippen LogP contribution in [0.2, 0.25) is 0 Å². The van der Waals surface area contributed by atoms with E-state index in [1.165, 1.54) is 0 Å². The van der Waals surface area contributed by atoms with Crippen LogP contribution < -0.4 is 14.2 Å². The summed E-state index contributed by atoms with van der Waals surface area (Å²) in [6.45, 7) is 1.58. The van der Waals surface area contributed by atoms with Gasteiger partial charge in [0.25, 0.3) is 0 Å². The monoisotopic (exact) mass is 428 g/mol. The van der Waals surface area contributed by atoms with Crippen LogP contribution in [0.5, 0.6) is 17.2 Å². The van der Waals surface area contributed by atoms with E-state index in [-0.39, 0.29) is 17.5 Å². The number of methoxy groups -OCH3 is 2. The maximum Gasteiger partial charge on any atom is 0.170 e. The summed E-state index contributed by atoms with van der Waals surface area (Å²) < 4.78 is 17.5. The van der Waals surface area contributed by atoms with Crippen LogP contribution in [0.1, 0.15) is 51.9 Å². The minimum Gasteiger partial charge on any atom is -0.493 e. The van der Waals surface area contributed by atoms with Crippen LogP contribution >= 0.6 is 0 Å². The Hall–Kier alpha value is -3.60. The second kappa shape index (κ2) is 7.83. The second-order valence-electron chi connectivity index (χ2n) is 8.28. The fourth-order valence-corrected chi connectivity index (χ4v) is 5.27. The fraction of sp³-hybridized carbons (Fsp3) is 0.259. The normalized spacial score (nSPS) is 22.7. The standard InChI is InChI=1S/C27H24O5/c1-15(28)23-24-17-11-7-8-12-20(17)32-27(23)19-14-22(31-3)21(30-2)13-18(19)25(24)26(29)16-9-5-4-6-10-16/h4-14,23-25,27H,1-3H3/t23-,24-,25-,27-/m1/s1. The zero-order valence-corrected chi connectivity index (χ0v) is 18.2. The Morgan fingerprint density at radius 1 is 0.812 bits per heavy atom. The number of benzene rings is 3. The van der Waals surface area contributed by atoms with Gasteiger partial charge in [0.05, 0.1) is 26.1 Å². The topological polar surface area (TPSA) is 61.8 Å². The van der Waals surface area contributed by atoms with Gasteiger partial charge in [0.1, 0.15) is 17.6 Å². The summed E-state index contributed by atoms with van der Waals surface area (Å²) in [5, 5.41) is 0. The third-order valence-corrected chi connectivity index (χ3v) is 6.65. The molecule has 3 aromatic rings. The number of carbonyl (C=O) groups excluding carboxylic acids is 2. The molecule has 0 saturated carbocycles. The number of fused-ring (bicyclic) bond motifs is 6. The van der Waals surface area contributed by atoms with E-state index in [1.54, 1.807) is 21.1 Å². The van der Waals surface area contributed by atoms with E-state index in [9.17, 15) is 9.59 Å². The highest BCUT2D eigenvalue weighted by atomic mass is 16.5. The van der Waals surface area contributed by atoms with Crippen molar-refractivity contribution in [2.45, 2.75) is 24.9 Å². The summed E-state index contributed by atoms with van der Waals surface area (Å²) >= 11 is 0. The minimum atomic E-state index is -0.553. The van der Waals surface area contributed by atoms with Crippen LogP contribution in [0.4, 0.5) is 0 Å². The molecule has 0 N–H and O–H groups in total. The molecule has 2 bridgehead atoms. The summed E-state index contributed by atoms with van der Waals surface area (Å²) in [5.74, 6) is 0.416. The van der Waals surface area contributed by atoms with Crippen LogP contribution in [0.15, 0.2) is 66.7 Å². The molecule has 32 heavy (non-hydrogen) atoms. The molecule has 5 rings (SSSR count). The summed E-state index contributed by atoms with van der Waals surface area (Å²) in [6, 6.07) is 20.7. The first-order valence-electron chi connectivity index (χ1n) is 10.7. The first-order chi connectivity index (χ1) is 15.5. The van der Waals surface area contributed by atoms with Crippen molar-refractivity contribution in [1.29, 1.82) is 0 Å². The highest BCUT2D eigenvalue weighted by Crippen LogP contribution is 2.59. The average Bonchev–Trinajstić information content (AvgIpc) is 2.83. The van der Waals surface area contributed by atoms with Gasteiger partial charge in [-0.1, -0.05) is 48.5 Å². The number of carbonyl (C=O) groups is 2. The highest BCUT2D eigenvalue weighted by Gasteiger charge is 2.53. The van der Waals surface area contributed by atoms with Gasteiger partial charge in [-0.15, -0.1) is 0 Å². The van der Waals surface area contributed by atoms with Crippen molar-refractivity contribution in [3.8, 4) is 17.2 Å². The molecular weight excluding hydrogens is 404 g/mol. The lowest BCUT2D eigenvalue weighted by Gasteiger charge is -2.47. The molecule has 1 heterocycles. The predicted octanol–water partition coefficient (Wildman–Crippen LogP) is 5.11. The molecule has 1 aliphatic heterocycles. The van der Waals surface area contributed by atoms with E-state index in [0.717, 1.165) is 16.7 Å². The lowest BCUT2D eigenvalue weighted by atomic mass is 9.60. The minimum absolute atomic E-state index is 0.000740. The number of Topliss-reactive ketones (excluding diaryl/α,β-unsaturated/α-hetero) is 2. The fourth-order valence-electron chi connectivity index (χ4n) is 5.27. The molecule has 1 aliphatic carbocycles. The van der Waals surface area contributed by atoms with Gasteiger partial charge in [-0.2, -0.15) is 0 Å². The molecule has 5 nitrogen and oxygen atoms in total. The molecule has 3 aromatic carbocycles. The van der Waals surface area contributed by atoms with Crippen molar-refractivity contribution < 1.29 is 23.8 Å². The van der Waals surface area contributed by atoms with Crippen LogP contribution in [-0.2, 0) is 4.79 Å². The van der Waals surface area contributed by atoms with Crippen molar-refractivity contribution >= 4 is 11.6 Å². The summed E-state index contributed by atoms with van der Waals surface area (Å²) in [4.78, 5) is 26.9. The van der Waals surface area contributed by atoms with Crippen LogP contribution in [-0.4, -0.2) is 25.8 Å². The van der Waals surface area contributed by atoms with E-state index in [1.807, 2.05) is 66.7 Å². The Kier molecular flexibility index (Phi) is 4.97. The van der Waals surface area contributed by atoms with Gasteiger partial charge in [0, 0.05) is 17.0 Å². The van der Waals surface area contributed by atoms with E-state index in [2.05, 4.69) is 0 Å². The van der Waals surface area contributed by atoms with Gasteiger partial charge >= 0.3 is 0 Å². The van der Waals surface area contributed by atoms with Crippen molar-refractivity contribution in [2.75, 3.05) is 14.2 Å². The molecule has 0 radical (unpaired) electrons. The van der Waals surface area contributed by atoms with Crippen molar-refractivity contribution in [3.63, 3.8) is 0 Å². The lowest BCUT2D eigenvalue weighted by Crippen LogP contribution is -2.43. The summed E-state index contributed by atoms with van der Waals surface area (Å²) in [7, 11) is 3.15. The molecular formula is C27H24O5. The number of ether oxygens (including phenoxy) is 3. The maximum absolute atomic E-state index is 14.0. The Balaban J connectivity index is 1.81. The van der Waals surface area contributed by atoms with Gasteiger partial charge in [0.15, 0.2) is 17.3 Å². The third-order valence-electron chi connectivity index (χ3n) is 6.65. The highest BCUT2D eigenvalue weighted by molar-refractivity contribution is 6.03. The van der Waals surface area contributed by atoms with Crippen molar-refractivity contribution in [2.24, 2.45) is 5.92 Å². The molecule has 4 atom stereocenters. The van der Waals surface area contributed by atoms with E-state index in [4.69, 9.17) is 14.2 Å². The van der Waals surface area contributed by atoms with Gasteiger partial charge < -0.3 is 14.2 Å². The van der Waals surface area contributed by atoms with Crippen molar-refractivity contribution in [1.82, 2.24) is 0 Å². The quantitative estimate of drug-likeness (QED) is 0.529. The van der Waals surface area contributed by atoms with E-state index >= 15 is 0 Å². The Labute approximate surface area is 186 Å². The van der Waals surface area contributed by atoms with Crippen LogP contribution in [0, 0.1) is 5.92 Å². The summed E-state index contributed by atoms with van der Waals surface area (Å²) in [6.07, 6.45) is -0.498.